The highest BCUT2D eigenvalue weighted by atomic mass is 16.5. The summed E-state index contributed by atoms with van der Waals surface area (Å²) in [5, 5.41) is 38.5. The Kier molecular flexibility index (Phi) is 18.6. The summed E-state index contributed by atoms with van der Waals surface area (Å²) in [6, 6.07) is -3.97. The van der Waals surface area contributed by atoms with E-state index < -0.39 is 78.6 Å². The second-order valence-electron chi connectivity index (χ2n) is 12.6. The number of unbranched alkanes of at least 4 members (excludes halogenated alkanes) is 10. The zero-order valence-electron chi connectivity index (χ0n) is 27.3. The van der Waals surface area contributed by atoms with Crippen molar-refractivity contribution in [3.05, 3.63) is 0 Å². The number of rotatable bonds is 17. The molecule has 43 heavy (non-hydrogen) atoms. The van der Waals surface area contributed by atoms with Crippen molar-refractivity contribution in [3.8, 4) is 0 Å². The number of aliphatic hydroxyl groups excluding tert-OH is 3. The van der Waals surface area contributed by atoms with Gasteiger partial charge in [-0.2, -0.15) is 0 Å². The molecule has 11 heteroatoms. The monoisotopic (exact) mass is 613 g/mol. The van der Waals surface area contributed by atoms with Gasteiger partial charge in [-0.15, -0.1) is 0 Å². The number of aliphatic hydroxyl groups is 3. The molecule has 1 aliphatic rings. The summed E-state index contributed by atoms with van der Waals surface area (Å²) in [5.74, 6) is -5.08. The summed E-state index contributed by atoms with van der Waals surface area (Å²) >= 11 is 0. The molecule has 1 fully saturated rings. The molecule has 1 aliphatic heterocycles. The van der Waals surface area contributed by atoms with Gasteiger partial charge in [0.25, 0.3) is 0 Å². The molecule has 0 aliphatic carbocycles. The highest BCUT2D eigenvalue weighted by Gasteiger charge is 2.40. The van der Waals surface area contributed by atoms with E-state index in [1.165, 1.54) is 51.9 Å². The fourth-order valence-corrected chi connectivity index (χ4v) is 5.44. The summed E-state index contributed by atoms with van der Waals surface area (Å²) in [6.45, 7) is 9.42. The van der Waals surface area contributed by atoms with Crippen molar-refractivity contribution >= 4 is 23.7 Å². The summed E-state index contributed by atoms with van der Waals surface area (Å²) in [4.78, 5) is 52.4. The van der Waals surface area contributed by atoms with E-state index in [-0.39, 0.29) is 5.92 Å². The number of hydrogen-bond acceptors (Lipinski definition) is 8. The molecular weight excluding hydrogens is 554 g/mol. The molecule has 0 aromatic heterocycles. The van der Waals surface area contributed by atoms with Gasteiger partial charge in [-0.1, -0.05) is 105 Å². The molecule has 1 heterocycles. The number of carbonyl (C=O) groups is 4. The summed E-state index contributed by atoms with van der Waals surface area (Å²) < 4.78 is 5.70. The van der Waals surface area contributed by atoms with Gasteiger partial charge in [0.1, 0.15) is 18.2 Å². The Labute approximate surface area is 258 Å². The number of carbonyl (C=O) groups excluding carboxylic acids is 4. The highest BCUT2D eigenvalue weighted by Crippen LogP contribution is 2.25. The Morgan fingerprint density at radius 2 is 1.21 bits per heavy atom. The molecule has 0 bridgehead atoms. The third kappa shape index (κ3) is 13.5. The van der Waals surface area contributed by atoms with Crippen LogP contribution in [0.3, 0.4) is 0 Å². The maximum Gasteiger partial charge on any atom is 0.331 e. The maximum atomic E-state index is 13.4. The maximum absolute atomic E-state index is 13.4. The average Bonchev–Trinajstić information content (AvgIpc) is 2.96. The second kappa shape index (κ2) is 20.7. The lowest BCUT2D eigenvalue weighted by Crippen LogP contribution is -2.60. The first-order valence-corrected chi connectivity index (χ1v) is 16.4. The zero-order chi connectivity index (χ0) is 32.5. The van der Waals surface area contributed by atoms with Gasteiger partial charge < -0.3 is 36.0 Å². The van der Waals surface area contributed by atoms with Crippen LogP contribution in [0.1, 0.15) is 119 Å². The number of nitrogens with one attached hydrogen (secondary N) is 3. The van der Waals surface area contributed by atoms with Gasteiger partial charge in [0.2, 0.25) is 17.7 Å². The van der Waals surface area contributed by atoms with E-state index in [0.29, 0.717) is 6.42 Å². The van der Waals surface area contributed by atoms with Crippen LogP contribution in [-0.4, -0.2) is 82.1 Å². The van der Waals surface area contributed by atoms with Crippen LogP contribution in [0.5, 0.6) is 0 Å². The molecule has 0 aromatic rings. The number of ether oxygens (including phenoxy) is 1. The van der Waals surface area contributed by atoms with E-state index in [2.05, 4.69) is 22.9 Å². The van der Waals surface area contributed by atoms with Gasteiger partial charge in [0.15, 0.2) is 6.04 Å². The lowest BCUT2D eigenvalue weighted by molar-refractivity contribution is -0.164. The molecule has 6 N–H and O–H groups in total. The van der Waals surface area contributed by atoms with Crippen LogP contribution in [0.2, 0.25) is 0 Å². The predicted molar refractivity (Wildman–Crippen MR) is 165 cm³/mol. The molecule has 1 rings (SSSR count). The van der Waals surface area contributed by atoms with E-state index in [4.69, 9.17) is 4.74 Å². The number of esters is 1. The highest BCUT2D eigenvalue weighted by molar-refractivity contribution is 5.94. The van der Waals surface area contributed by atoms with Crippen LogP contribution in [0.4, 0.5) is 0 Å². The Morgan fingerprint density at radius 3 is 1.70 bits per heavy atom. The molecule has 0 saturated carbocycles. The van der Waals surface area contributed by atoms with Crippen molar-refractivity contribution in [2.24, 2.45) is 17.8 Å². The minimum atomic E-state index is -1.50. The predicted octanol–water partition coefficient (Wildman–Crippen LogP) is 2.73. The SMILES string of the molecule is CCCCCCCCCCCCCC(O)C(C)C1OC(=O)C(CO)NC(=O)C(C(C)O)NC(=O)C(C(C)C)NC(=O)C1C. The Morgan fingerprint density at radius 1 is 0.721 bits per heavy atom. The van der Waals surface area contributed by atoms with Gasteiger partial charge >= 0.3 is 5.97 Å². The Balaban J connectivity index is 2.95. The van der Waals surface area contributed by atoms with Crippen molar-refractivity contribution in [2.75, 3.05) is 6.61 Å². The fraction of sp³-hybridized carbons (Fsp3) is 0.875. The second-order valence-corrected chi connectivity index (χ2v) is 12.6. The van der Waals surface area contributed by atoms with Crippen LogP contribution >= 0.6 is 0 Å². The largest absolute Gasteiger partial charge is 0.460 e. The van der Waals surface area contributed by atoms with Gasteiger partial charge in [-0.05, 0) is 19.3 Å². The van der Waals surface area contributed by atoms with E-state index in [9.17, 15) is 34.5 Å². The third-order valence-electron chi connectivity index (χ3n) is 8.48. The summed E-state index contributed by atoms with van der Waals surface area (Å²) in [7, 11) is 0. The number of cyclic esters (lactones) is 1. The van der Waals surface area contributed by atoms with Crippen molar-refractivity contribution in [1.82, 2.24) is 16.0 Å². The van der Waals surface area contributed by atoms with Crippen molar-refractivity contribution in [2.45, 2.75) is 155 Å². The third-order valence-corrected chi connectivity index (χ3v) is 8.48. The molecule has 250 valence electrons. The standard InChI is InChI=1S/C32H59N3O8/c1-7-8-9-10-11-12-13-14-15-16-17-18-25(38)21(4)28-22(5)29(39)34-26(20(2)3)30(40)35-27(23(6)37)31(41)33-24(19-36)32(42)43-28/h20-28,36-38H,7-19H2,1-6H3,(H,33,41)(H,34,39)(H,35,40). The number of hydrogen-bond donors (Lipinski definition) is 6. The topological polar surface area (TPSA) is 174 Å². The van der Waals surface area contributed by atoms with E-state index in [0.717, 1.165) is 25.7 Å². The summed E-state index contributed by atoms with van der Waals surface area (Å²) in [5.41, 5.74) is 0. The smallest absolute Gasteiger partial charge is 0.331 e. The minimum Gasteiger partial charge on any atom is -0.460 e. The quantitative estimate of drug-likeness (QED) is 0.107. The molecule has 3 amide bonds. The molecule has 8 unspecified atom stereocenters. The van der Waals surface area contributed by atoms with Crippen LogP contribution in [-0.2, 0) is 23.9 Å². The van der Waals surface area contributed by atoms with E-state index >= 15 is 0 Å². The first-order chi connectivity index (χ1) is 20.3. The molecule has 1 saturated heterocycles. The van der Waals surface area contributed by atoms with E-state index in [1.807, 2.05) is 0 Å². The molecule has 8 atom stereocenters. The molecule has 0 radical (unpaired) electrons. The van der Waals surface area contributed by atoms with Crippen molar-refractivity contribution in [3.63, 3.8) is 0 Å². The van der Waals surface area contributed by atoms with Crippen molar-refractivity contribution < 1.29 is 39.2 Å². The first kappa shape index (κ1) is 38.8. The number of amides is 3. The van der Waals surface area contributed by atoms with Gasteiger partial charge in [0.05, 0.1) is 24.7 Å². The van der Waals surface area contributed by atoms with Crippen LogP contribution in [0.15, 0.2) is 0 Å². The van der Waals surface area contributed by atoms with Gasteiger partial charge in [-0.3, -0.25) is 14.4 Å². The lowest BCUT2D eigenvalue weighted by Gasteiger charge is -2.33. The Hall–Kier alpha value is -2.24. The van der Waals surface area contributed by atoms with Gasteiger partial charge in [-0.25, -0.2) is 4.79 Å². The minimum absolute atomic E-state index is 0.366. The fourth-order valence-electron chi connectivity index (χ4n) is 5.44. The molecule has 0 spiro atoms. The normalized spacial score (nSPS) is 26.2. The lowest BCUT2D eigenvalue weighted by atomic mass is 9.86. The zero-order valence-corrected chi connectivity index (χ0v) is 27.3. The first-order valence-electron chi connectivity index (χ1n) is 16.4. The van der Waals surface area contributed by atoms with Gasteiger partial charge in [0, 0.05) is 5.92 Å². The van der Waals surface area contributed by atoms with E-state index in [1.54, 1.807) is 27.7 Å². The average molecular weight is 614 g/mol. The molecule has 0 aromatic carbocycles. The Bertz CT molecular complexity index is 852. The van der Waals surface area contributed by atoms with Crippen molar-refractivity contribution in [1.29, 1.82) is 0 Å². The van der Waals surface area contributed by atoms with Crippen LogP contribution in [0.25, 0.3) is 0 Å². The summed E-state index contributed by atoms with van der Waals surface area (Å²) in [6.07, 6.45) is 10.1. The molecular formula is C32H59N3O8. The van der Waals surface area contributed by atoms with Crippen LogP contribution < -0.4 is 16.0 Å². The van der Waals surface area contributed by atoms with Crippen LogP contribution in [0, 0.1) is 17.8 Å². The molecule has 11 nitrogen and oxygen atoms in total.